The smallest absolute Gasteiger partial charge is 0.321 e. The van der Waals surface area contributed by atoms with Crippen LogP contribution in [-0.2, 0) is 0 Å². The van der Waals surface area contributed by atoms with Crippen LogP contribution in [0.25, 0.3) is 5.52 Å². The van der Waals surface area contributed by atoms with Crippen molar-refractivity contribution in [3.8, 4) is 0 Å². The van der Waals surface area contributed by atoms with Gasteiger partial charge in [-0.15, -0.1) is 0 Å². The van der Waals surface area contributed by atoms with Gasteiger partial charge < -0.3 is 15.1 Å². The molecule has 166 valence electrons. The number of pyridine rings is 1. The molecule has 32 heavy (non-hydrogen) atoms. The second kappa shape index (κ2) is 8.94. The van der Waals surface area contributed by atoms with Gasteiger partial charge in [-0.2, -0.15) is 5.10 Å². The molecule has 0 atom stereocenters. The van der Waals surface area contributed by atoms with Crippen LogP contribution in [0.1, 0.15) is 47.5 Å². The summed E-state index contributed by atoms with van der Waals surface area (Å²) >= 11 is 3.41. The number of benzene rings is 1. The molecule has 2 aliphatic heterocycles. The van der Waals surface area contributed by atoms with Crippen LogP contribution < -0.4 is 5.32 Å². The highest BCUT2D eigenvalue weighted by atomic mass is 79.9. The van der Waals surface area contributed by atoms with Gasteiger partial charge in [0, 0.05) is 42.5 Å². The molecule has 1 aromatic carbocycles. The molecule has 3 aromatic rings. The average molecular weight is 496 g/mol. The van der Waals surface area contributed by atoms with Crippen molar-refractivity contribution >= 4 is 39.1 Å². The standard InChI is InChI=1S/C24H26BrN5O2/c25-19-3-5-20(6-4-19)27-24(32)29-12-7-17(8-13-29)18-9-14-30-22(15-18)21(16-26-30)23(31)28-10-1-2-11-28/h3-6,9,14-17H,1-2,7-8,10-13H2,(H,27,32). The van der Waals surface area contributed by atoms with Crippen molar-refractivity contribution < 1.29 is 9.59 Å². The van der Waals surface area contributed by atoms with Crippen molar-refractivity contribution in [2.75, 3.05) is 31.5 Å². The summed E-state index contributed by atoms with van der Waals surface area (Å²) in [6.07, 6.45) is 7.57. The maximum atomic E-state index is 12.9. The molecule has 1 N–H and O–H groups in total. The Kier molecular flexibility index (Phi) is 5.87. The number of halogens is 1. The van der Waals surface area contributed by atoms with Crippen LogP contribution in [0.2, 0.25) is 0 Å². The molecule has 5 rings (SSSR count). The van der Waals surface area contributed by atoms with E-state index >= 15 is 0 Å². The van der Waals surface area contributed by atoms with E-state index in [0.29, 0.717) is 24.6 Å². The lowest BCUT2D eigenvalue weighted by molar-refractivity contribution is 0.0794. The number of likely N-dealkylation sites (tertiary alicyclic amines) is 2. The first-order valence-electron chi connectivity index (χ1n) is 11.2. The van der Waals surface area contributed by atoms with Crippen molar-refractivity contribution in [1.29, 1.82) is 0 Å². The Morgan fingerprint density at radius 1 is 0.969 bits per heavy atom. The molecule has 0 spiro atoms. The molecule has 4 heterocycles. The van der Waals surface area contributed by atoms with Crippen molar-refractivity contribution in [2.24, 2.45) is 0 Å². The molecule has 0 saturated carbocycles. The van der Waals surface area contributed by atoms with E-state index in [9.17, 15) is 9.59 Å². The highest BCUT2D eigenvalue weighted by Crippen LogP contribution is 2.30. The van der Waals surface area contributed by atoms with Gasteiger partial charge >= 0.3 is 6.03 Å². The molecule has 8 heteroatoms. The summed E-state index contributed by atoms with van der Waals surface area (Å²) in [5.74, 6) is 0.440. The molecule has 0 aliphatic carbocycles. The molecule has 2 aliphatic rings. The Bertz CT molecular complexity index is 1130. The van der Waals surface area contributed by atoms with Crippen LogP contribution in [0.3, 0.4) is 0 Å². The van der Waals surface area contributed by atoms with Gasteiger partial charge in [0.1, 0.15) is 0 Å². The number of piperidine rings is 1. The van der Waals surface area contributed by atoms with Crippen LogP contribution in [-0.4, -0.2) is 57.5 Å². The van der Waals surface area contributed by atoms with Gasteiger partial charge in [0.05, 0.1) is 17.3 Å². The first-order valence-corrected chi connectivity index (χ1v) is 12.0. The molecule has 2 saturated heterocycles. The van der Waals surface area contributed by atoms with Gasteiger partial charge in [0.2, 0.25) is 0 Å². The minimum absolute atomic E-state index is 0.0597. The van der Waals surface area contributed by atoms with E-state index in [4.69, 9.17) is 0 Å². The lowest BCUT2D eigenvalue weighted by atomic mass is 9.89. The summed E-state index contributed by atoms with van der Waals surface area (Å²) in [5.41, 5.74) is 3.55. The topological polar surface area (TPSA) is 70.0 Å². The van der Waals surface area contributed by atoms with Crippen LogP contribution in [0.4, 0.5) is 10.5 Å². The number of hydrogen-bond donors (Lipinski definition) is 1. The number of nitrogens with one attached hydrogen (secondary N) is 1. The summed E-state index contributed by atoms with van der Waals surface area (Å²) < 4.78 is 2.77. The number of anilines is 1. The van der Waals surface area contributed by atoms with E-state index in [-0.39, 0.29) is 11.9 Å². The average Bonchev–Trinajstić information content (AvgIpc) is 3.50. The van der Waals surface area contributed by atoms with Gasteiger partial charge in [-0.05, 0) is 73.6 Å². The lowest BCUT2D eigenvalue weighted by Gasteiger charge is -2.32. The number of carbonyl (C=O) groups excluding carboxylic acids is 2. The maximum Gasteiger partial charge on any atom is 0.321 e. The van der Waals surface area contributed by atoms with Crippen LogP contribution in [0.5, 0.6) is 0 Å². The first kappa shape index (κ1) is 21.0. The van der Waals surface area contributed by atoms with E-state index in [1.165, 1.54) is 5.56 Å². The summed E-state index contributed by atoms with van der Waals surface area (Å²) in [6.45, 7) is 3.07. The molecular weight excluding hydrogens is 470 g/mol. The van der Waals surface area contributed by atoms with Crippen LogP contribution in [0.15, 0.2) is 53.3 Å². The minimum atomic E-state index is -0.0597. The predicted molar refractivity (Wildman–Crippen MR) is 127 cm³/mol. The van der Waals surface area contributed by atoms with Gasteiger partial charge in [0.25, 0.3) is 5.91 Å². The summed E-state index contributed by atoms with van der Waals surface area (Å²) in [5, 5.41) is 7.36. The Balaban J connectivity index is 1.25. The number of rotatable bonds is 3. The normalized spacial score (nSPS) is 17.2. The largest absolute Gasteiger partial charge is 0.339 e. The van der Waals surface area contributed by atoms with Crippen LogP contribution >= 0.6 is 15.9 Å². The molecular formula is C24H26BrN5O2. The number of nitrogens with zero attached hydrogens (tertiary/aromatic N) is 4. The fraction of sp³-hybridized carbons (Fsp3) is 0.375. The number of carbonyl (C=O) groups is 2. The number of aromatic nitrogens is 2. The number of hydrogen-bond acceptors (Lipinski definition) is 3. The van der Waals surface area contributed by atoms with Gasteiger partial charge in [-0.25, -0.2) is 9.31 Å². The highest BCUT2D eigenvalue weighted by molar-refractivity contribution is 9.10. The lowest BCUT2D eigenvalue weighted by Crippen LogP contribution is -2.40. The van der Waals surface area contributed by atoms with Crippen LogP contribution in [0, 0.1) is 0 Å². The maximum absolute atomic E-state index is 12.9. The quantitative estimate of drug-likeness (QED) is 0.570. The zero-order valence-electron chi connectivity index (χ0n) is 17.8. The zero-order chi connectivity index (χ0) is 22.1. The van der Waals surface area contributed by atoms with Crippen molar-refractivity contribution in [3.63, 3.8) is 0 Å². The fourth-order valence-corrected chi connectivity index (χ4v) is 4.92. The monoisotopic (exact) mass is 495 g/mol. The van der Waals surface area contributed by atoms with E-state index in [0.717, 1.165) is 54.4 Å². The SMILES string of the molecule is O=C(Nc1ccc(Br)cc1)N1CCC(c2ccn3ncc(C(=O)N4CCCC4)c3c2)CC1. The summed E-state index contributed by atoms with van der Waals surface area (Å²) in [6, 6.07) is 11.7. The molecule has 0 radical (unpaired) electrons. The molecule has 0 unspecified atom stereocenters. The van der Waals surface area contributed by atoms with E-state index in [1.807, 2.05) is 40.3 Å². The summed E-state index contributed by atoms with van der Waals surface area (Å²) in [7, 11) is 0. The Hall–Kier alpha value is -2.87. The minimum Gasteiger partial charge on any atom is -0.339 e. The predicted octanol–water partition coefficient (Wildman–Crippen LogP) is 4.74. The fourth-order valence-electron chi connectivity index (χ4n) is 4.66. The first-order chi connectivity index (χ1) is 15.6. The van der Waals surface area contributed by atoms with E-state index in [2.05, 4.69) is 38.5 Å². The second-order valence-electron chi connectivity index (χ2n) is 8.55. The van der Waals surface area contributed by atoms with Crippen molar-refractivity contribution in [2.45, 2.75) is 31.6 Å². The van der Waals surface area contributed by atoms with E-state index in [1.54, 1.807) is 10.7 Å². The van der Waals surface area contributed by atoms with Crippen molar-refractivity contribution in [3.05, 3.63) is 64.4 Å². The number of urea groups is 1. The highest BCUT2D eigenvalue weighted by Gasteiger charge is 2.26. The van der Waals surface area contributed by atoms with Gasteiger partial charge in [0.15, 0.2) is 0 Å². The Morgan fingerprint density at radius 3 is 2.41 bits per heavy atom. The van der Waals surface area contributed by atoms with E-state index < -0.39 is 0 Å². The second-order valence-corrected chi connectivity index (χ2v) is 9.46. The third-order valence-electron chi connectivity index (χ3n) is 6.52. The van der Waals surface area contributed by atoms with Crippen molar-refractivity contribution in [1.82, 2.24) is 19.4 Å². The number of fused-ring (bicyclic) bond motifs is 1. The molecule has 7 nitrogen and oxygen atoms in total. The Morgan fingerprint density at radius 2 is 1.69 bits per heavy atom. The molecule has 0 bridgehead atoms. The molecule has 3 amide bonds. The molecule has 2 fully saturated rings. The molecule has 2 aromatic heterocycles. The van der Waals surface area contributed by atoms with Gasteiger partial charge in [-0.3, -0.25) is 4.79 Å². The number of amides is 3. The van der Waals surface area contributed by atoms with Gasteiger partial charge in [-0.1, -0.05) is 15.9 Å². The third-order valence-corrected chi connectivity index (χ3v) is 7.05. The zero-order valence-corrected chi connectivity index (χ0v) is 19.4. The summed E-state index contributed by atoms with van der Waals surface area (Å²) in [4.78, 5) is 29.3. The third kappa shape index (κ3) is 4.24. The Labute approximate surface area is 195 Å².